The lowest BCUT2D eigenvalue weighted by atomic mass is 10.1. The smallest absolute Gasteiger partial charge is 0.274 e. The number of nitrogens with two attached hydrogens (primary N) is 1. The highest BCUT2D eigenvalue weighted by atomic mass is 32.1. The molecule has 0 unspecified atom stereocenters. The van der Waals surface area contributed by atoms with Crippen LogP contribution in [0.3, 0.4) is 0 Å². The average Bonchev–Trinajstić information content (AvgIpc) is 3.32. The Bertz CT molecular complexity index is 864. The molecule has 0 aliphatic heterocycles. The number of amides is 2. The Kier molecular flexibility index (Phi) is 4.81. The molecule has 2 amide bonds. The minimum Gasteiger partial charge on any atom is -0.368 e. The van der Waals surface area contributed by atoms with Crippen LogP contribution in [0.1, 0.15) is 33.9 Å². The number of primary amides is 1. The molecule has 0 spiro atoms. The third kappa shape index (κ3) is 4.03. The van der Waals surface area contributed by atoms with E-state index in [1.807, 2.05) is 13.0 Å². The fraction of sp³-hybridized carbons (Fsp3) is 0.333. The van der Waals surface area contributed by atoms with Gasteiger partial charge in [0.25, 0.3) is 5.91 Å². The van der Waals surface area contributed by atoms with Crippen molar-refractivity contribution in [1.82, 2.24) is 9.88 Å². The predicted octanol–water partition coefficient (Wildman–Crippen LogP) is 2.33. The molecule has 128 valence electrons. The number of carbonyl (C=O) groups is 2. The predicted molar refractivity (Wildman–Crippen MR) is 94.8 cm³/mol. The zero-order valence-electron chi connectivity index (χ0n) is 13.9. The van der Waals surface area contributed by atoms with Crippen molar-refractivity contribution in [3.05, 3.63) is 40.5 Å². The highest BCUT2D eigenvalue weighted by Crippen LogP contribution is 2.33. The molecule has 2 N–H and O–H groups in total. The van der Waals surface area contributed by atoms with E-state index in [9.17, 15) is 9.59 Å². The van der Waals surface area contributed by atoms with E-state index in [1.165, 1.54) is 16.2 Å². The maximum atomic E-state index is 13.0. The van der Waals surface area contributed by atoms with Gasteiger partial charge < -0.3 is 10.6 Å². The van der Waals surface area contributed by atoms with Gasteiger partial charge in [-0.2, -0.15) is 5.26 Å². The summed E-state index contributed by atoms with van der Waals surface area (Å²) in [6, 6.07) is 9.19. The topological polar surface area (TPSA) is 100 Å². The molecule has 1 aromatic carbocycles. The first-order valence-electron chi connectivity index (χ1n) is 8.03. The standard InChI is InChI=1S/C18H18N4O2S/c1-11-21-16(17(25-11)14-4-2-3-13(7-14)8-19)18(24)22(10-15(20)23)9-12-5-6-12/h2-4,7,12H,5-6,9-10H2,1H3,(H2,20,23). The molecule has 1 aromatic heterocycles. The Morgan fingerprint density at radius 1 is 1.44 bits per heavy atom. The molecule has 3 rings (SSSR count). The van der Waals surface area contributed by atoms with Crippen LogP contribution in [0.5, 0.6) is 0 Å². The molecule has 2 aromatic rings. The number of nitrogens with zero attached hydrogens (tertiary/aromatic N) is 3. The van der Waals surface area contributed by atoms with E-state index in [4.69, 9.17) is 11.0 Å². The van der Waals surface area contributed by atoms with Gasteiger partial charge in [-0.1, -0.05) is 12.1 Å². The van der Waals surface area contributed by atoms with Gasteiger partial charge in [0.2, 0.25) is 5.91 Å². The molecule has 1 heterocycles. The Hall–Kier alpha value is -2.72. The van der Waals surface area contributed by atoms with E-state index in [0.29, 0.717) is 28.6 Å². The molecule has 1 aliphatic rings. The second-order valence-corrected chi connectivity index (χ2v) is 7.40. The van der Waals surface area contributed by atoms with Crippen LogP contribution in [0.15, 0.2) is 24.3 Å². The van der Waals surface area contributed by atoms with Gasteiger partial charge in [-0.25, -0.2) is 4.98 Å². The largest absolute Gasteiger partial charge is 0.368 e. The van der Waals surface area contributed by atoms with Crippen molar-refractivity contribution in [3.63, 3.8) is 0 Å². The lowest BCUT2D eigenvalue weighted by molar-refractivity contribution is -0.118. The third-order valence-corrected chi connectivity index (χ3v) is 5.02. The molecular formula is C18H18N4O2S. The quantitative estimate of drug-likeness (QED) is 0.860. The van der Waals surface area contributed by atoms with E-state index in [-0.39, 0.29) is 12.5 Å². The molecule has 0 saturated heterocycles. The van der Waals surface area contributed by atoms with Crippen molar-refractivity contribution in [2.75, 3.05) is 13.1 Å². The summed E-state index contributed by atoms with van der Waals surface area (Å²) in [4.78, 5) is 31.0. The van der Waals surface area contributed by atoms with Gasteiger partial charge in [-0.3, -0.25) is 9.59 Å². The first-order valence-corrected chi connectivity index (χ1v) is 8.85. The molecule has 7 heteroatoms. The van der Waals surface area contributed by atoms with Crippen LogP contribution < -0.4 is 5.73 Å². The van der Waals surface area contributed by atoms with Crippen LogP contribution in [0.2, 0.25) is 0 Å². The zero-order valence-corrected chi connectivity index (χ0v) is 14.7. The number of hydrogen-bond acceptors (Lipinski definition) is 5. The van der Waals surface area contributed by atoms with Gasteiger partial charge in [0.15, 0.2) is 0 Å². The van der Waals surface area contributed by atoms with E-state index >= 15 is 0 Å². The Labute approximate surface area is 149 Å². The van der Waals surface area contributed by atoms with Crippen LogP contribution in [0.4, 0.5) is 0 Å². The summed E-state index contributed by atoms with van der Waals surface area (Å²) < 4.78 is 0. The fourth-order valence-electron chi connectivity index (χ4n) is 2.67. The van der Waals surface area contributed by atoms with Crippen LogP contribution in [-0.4, -0.2) is 34.8 Å². The van der Waals surface area contributed by atoms with Crippen LogP contribution in [0, 0.1) is 24.2 Å². The maximum absolute atomic E-state index is 13.0. The van der Waals surface area contributed by atoms with Gasteiger partial charge in [-0.15, -0.1) is 11.3 Å². The van der Waals surface area contributed by atoms with E-state index in [2.05, 4.69) is 11.1 Å². The highest BCUT2D eigenvalue weighted by Gasteiger charge is 2.30. The summed E-state index contributed by atoms with van der Waals surface area (Å²) in [5.41, 5.74) is 6.93. The van der Waals surface area contributed by atoms with Crippen molar-refractivity contribution in [1.29, 1.82) is 5.26 Å². The number of nitriles is 1. The number of rotatable bonds is 6. The average molecular weight is 354 g/mol. The molecule has 1 saturated carbocycles. The normalized spacial score (nSPS) is 13.3. The number of benzene rings is 1. The number of carbonyl (C=O) groups excluding carboxylic acids is 2. The van der Waals surface area contributed by atoms with Crippen molar-refractivity contribution in [2.24, 2.45) is 11.7 Å². The summed E-state index contributed by atoms with van der Waals surface area (Å²) in [7, 11) is 0. The summed E-state index contributed by atoms with van der Waals surface area (Å²) in [6.07, 6.45) is 2.13. The highest BCUT2D eigenvalue weighted by molar-refractivity contribution is 7.15. The number of aryl methyl sites for hydroxylation is 1. The fourth-order valence-corrected chi connectivity index (χ4v) is 3.57. The van der Waals surface area contributed by atoms with Crippen molar-refractivity contribution in [2.45, 2.75) is 19.8 Å². The van der Waals surface area contributed by atoms with Crippen LogP contribution in [0.25, 0.3) is 10.4 Å². The molecule has 1 aliphatic carbocycles. The Balaban J connectivity index is 1.96. The van der Waals surface area contributed by atoms with E-state index < -0.39 is 5.91 Å². The van der Waals surface area contributed by atoms with Crippen LogP contribution in [-0.2, 0) is 4.79 Å². The summed E-state index contributed by atoms with van der Waals surface area (Å²) >= 11 is 1.40. The molecule has 1 fully saturated rings. The molecule has 0 radical (unpaired) electrons. The van der Waals surface area contributed by atoms with Gasteiger partial charge in [0.05, 0.1) is 28.1 Å². The Morgan fingerprint density at radius 3 is 2.84 bits per heavy atom. The molecule has 6 nitrogen and oxygen atoms in total. The molecule has 25 heavy (non-hydrogen) atoms. The number of thiazole rings is 1. The van der Waals surface area contributed by atoms with Crippen molar-refractivity contribution >= 4 is 23.2 Å². The molecular weight excluding hydrogens is 336 g/mol. The van der Waals surface area contributed by atoms with Crippen molar-refractivity contribution < 1.29 is 9.59 Å². The summed E-state index contributed by atoms with van der Waals surface area (Å²) in [5.74, 6) is -0.380. The minimum atomic E-state index is -0.533. The van der Waals surface area contributed by atoms with E-state index in [0.717, 1.165) is 23.4 Å². The third-order valence-electron chi connectivity index (χ3n) is 4.00. The second kappa shape index (κ2) is 7.03. The second-order valence-electron chi connectivity index (χ2n) is 6.20. The SMILES string of the molecule is Cc1nc(C(=O)N(CC(N)=O)CC2CC2)c(-c2cccc(C#N)c2)s1. The Morgan fingerprint density at radius 2 is 2.20 bits per heavy atom. The van der Waals surface area contributed by atoms with Gasteiger partial charge in [0.1, 0.15) is 5.69 Å². The lowest BCUT2D eigenvalue weighted by Gasteiger charge is -2.20. The van der Waals surface area contributed by atoms with Gasteiger partial charge in [-0.05, 0) is 43.4 Å². The first-order chi connectivity index (χ1) is 12.0. The number of aromatic nitrogens is 1. The van der Waals surface area contributed by atoms with Gasteiger partial charge in [0, 0.05) is 6.54 Å². The first kappa shape index (κ1) is 17.1. The lowest BCUT2D eigenvalue weighted by Crippen LogP contribution is -2.40. The monoisotopic (exact) mass is 354 g/mol. The molecule has 0 atom stereocenters. The van der Waals surface area contributed by atoms with Gasteiger partial charge >= 0.3 is 0 Å². The van der Waals surface area contributed by atoms with Crippen LogP contribution >= 0.6 is 11.3 Å². The van der Waals surface area contributed by atoms with E-state index in [1.54, 1.807) is 18.2 Å². The zero-order chi connectivity index (χ0) is 18.0. The number of hydrogen-bond donors (Lipinski definition) is 1. The summed E-state index contributed by atoms with van der Waals surface area (Å²) in [5, 5.41) is 9.85. The minimum absolute atomic E-state index is 0.108. The molecule has 0 bridgehead atoms. The maximum Gasteiger partial charge on any atom is 0.274 e. The van der Waals surface area contributed by atoms with Crippen molar-refractivity contribution in [3.8, 4) is 16.5 Å². The summed E-state index contributed by atoms with van der Waals surface area (Å²) in [6.45, 7) is 2.25.